The minimum atomic E-state index is -0.694. The number of carbonyl (C=O) groups excluding carboxylic acids is 1. The second-order valence-corrected chi connectivity index (χ2v) is 5.19. The van der Waals surface area contributed by atoms with Gasteiger partial charge in [0.05, 0.1) is 0 Å². The maximum Gasteiger partial charge on any atom is 0.286 e. The third-order valence-corrected chi connectivity index (χ3v) is 3.45. The largest absolute Gasteiger partial charge is 0.489 e. The topological polar surface area (TPSA) is 93.9 Å². The molecule has 6 nitrogen and oxygen atoms in total. The van der Waals surface area contributed by atoms with Crippen LogP contribution in [-0.4, -0.2) is 27.7 Å². The summed E-state index contributed by atoms with van der Waals surface area (Å²) in [6, 6.07) is 11.5. The van der Waals surface area contributed by atoms with Crippen LogP contribution < -0.4 is 10.5 Å². The van der Waals surface area contributed by atoms with Crippen molar-refractivity contribution >= 4 is 5.91 Å². The van der Waals surface area contributed by atoms with Crippen molar-refractivity contribution in [1.29, 1.82) is 0 Å². The SMILES string of the molecule is C=CCOc1ccc(F)cc1-c1cccc(-c2n[nH]c(C(N)=O)n2)c1. The summed E-state index contributed by atoms with van der Waals surface area (Å²) >= 11 is 0. The molecule has 0 bridgehead atoms. The monoisotopic (exact) mass is 338 g/mol. The number of nitrogens with one attached hydrogen (secondary N) is 1. The van der Waals surface area contributed by atoms with E-state index in [1.54, 1.807) is 30.3 Å². The number of ether oxygens (including phenoxy) is 1. The van der Waals surface area contributed by atoms with E-state index in [2.05, 4.69) is 21.8 Å². The van der Waals surface area contributed by atoms with E-state index >= 15 is 0 Å². The molecule has 1 heterocycles. The maximum absolute atomic E-state index is 13.7. The van der Waals surface area contributed by atoms with Crippen LogP contribution in [0, 0.1) is 5.82 Å². The van der Waals surface area contributed by atoms with Crippen LogP contribution in [0.5, 0.6) is 5.75 Å². The Kier molecular flexibility index (Phi) is 4.56. The van der Waals surface area contributed by atoms with Gasteiger partial charge in [-0.1, -0.05) is 30.9 Å². The summed E-state index contributed by atoms with van der Waals surface area (Å²) < 4.78 is 19.3. The van der Waals surface area contributed by atoms with E-state index in [1.807, 2.05) is 6.07 Å². The number of H-pyrrole nitrogens is 1. The zero-order valence-electron chi connectivity index (χ0n) is 13.2. The van der Waals surface area contributed by atoms with Crippen LogP contribution in [0.2, 0.25) is 0 Å². The van der Waals surface area contributed by atoms with E-state index in [0.29, 0.717) is 29.3 Å². The van der Waals surface area contributed by atoms with Gasteiger partial charge in [-0.3, -0.25) is 9.89 Å². The van der Waals surface area contributed by atoms with Gasteiger partial charge in [-0.25, -0.2) is 9.37 Å². The number of benzene rings is 2. The van der Waals surface area contributed by atoms with E-state index in [-0.39, 0.29) is 11.6 Å². The zero-order valence-corrected chi connectivity index (χ0v) is 13.2. The van der Waals surface area contributed by atoms with Crippen molar-refractivity contribution in [2.24, 2.45) is 5.73 Å². The van der Waals surface area contributed by atoms with Crippen LogP contribution in [0.4, 0.5) is 4.39 Å². The zero-order chi connectivity index (χ0) is 17.8. The molecule has 0 saturated heterocycles. The average molecular weight is 338 g/mol. The number of rotatable bonds is 6. The van der Waals surface area contributed by atoms with Gasteiger partial charge in [0.15, 0.2) is 5.82 Å². The third kappa shape index (κ3) is 3.55. The van der Waals surface area contributed by atoms with Gasteiger partial charge in [0.1, 0.15) is 18.2 Å². The number of hydrogen-bond acceptors (Lipinski definition) is 4. The normalized spacial score (nSPS) is 10.4. The lowest BCUT2D eigenvalue weighted by molar-refractivity contribution is 0.0991. The van der Waals surface area contributed by atoms with E-state index in [0.717, 1.165) is 5.56 Å². The highest BCUT2D eigenvalue weighted by Gasteiger charge is 2.13. The van der Waals surface area contributed by atoms with Crippen LogP contribution in [-0.2, 0) is 0 Å². The van der Waals surface area contributed by atoms with Gasteiger partial charge in [-0.05, 0) is 29.8 Å². The van der Waals surface area contributed by atoms with Crippen molar-refractivity contribution in [3.05, 3.63) is 66.8 Å². The number of aromatic nitrogens is 3. The number of nitrogens with two attached hydrogens (primary N) is 1. The first kappa shape index (κ1) is 16.4. The first-order chi connectivity index (χ1) is 12.1. The fraction of sp³-hybridized carbons (Fsp3) is 0.0556. The molecule has 7 heteroatoms. The molecule has 25 heavy (non-hydrogen) atoms. The second kappa shape index (κ2) is 6.96. The molecule has 2 aromatic carbocycles. The van der Waals surface area contributed by atoms with Crippen molar-refractivity contribution in [1.82, 2.24) is 15.2 Å². The molecule has 3 aromatic rings. The molecule has 0 radical (unpaired) electrons. The molecule has 126 valence electrons. The van der Waals surface area contributed by atoms with Gasteiger partial charge in [0.25, 0.3) is 5.91 Å². The minimum absolute atomic E-state index is 0.0267. The van der Waals surface area contributed by atoms with Crippen molar-refractivity contribution in [3.63, 3.8) is 0 Å². The molecule has 0 aliphatic rings. The molecule has 0 aliphatic carbocycles. The molecule has 0 spiro atoms. The summed E-state index contributed by atoms with van der Waals surface area (Å²) in [6.45, 7) is 3.92. The highest BCUT2D eigenvalue weighted by Crippen LogP contribution is 2.32. The van der Waals surface area contributed by atoms with Gasteiger partial charge in [-0.2, -0.15) is 5.10 Å². The molecule has 0 fully saturated rings. The Bertz CT molecular complexity index is 936. The Hall–Kier alpha value is -3.48. The number of amides is 1. The van der Waals surface area contributed by atoms with Crippen LogP contribution in [0.1, 0.15) is 10.6 Å². The Morgan fingerprint density at radius 3 is 2.80 bits per heavy atom. The molecule has 1 amide bonds. The van der Waals surface area contributed by atoms with Crippen LogP contribution in [0.15, 0.2) is 55.1 Å². The Morgan fingerprint density at radius 2 is 2.08 bits per heavy atom. The summed E-state index contributed by atoms with van der Waals surface area (Å²) in [4.78, 5) is 15.2. The average Bonchev–Trinajstić information content (AvgIpc) is 3.11. The first-order valence-corrected chi connectivity index (χ1v) is 7.44. The molecule has 3 N–H and O–H groups in total. The molecule has 0 saturated carbocycles. The molecular weight excluding hydrogens is 323 g/mol. The summed E-state index contributed by atoms with van der Waals surface area (Å²) in [6.07, 6.45) is 1.61. The molecule has 1 aromatic heterocycles. The van der Waals surface area contributed by atoms with Gasteiger partial charge >= 0.3 is 0 Å². The van der Waals surface area contributed by atoms with Crippen molar-refractivity contribution < 1.29 is 13.9 Å². The standard InChI is InChI=1S/C18H15FN4O2/c1-2-8-25-15-7-6-13(19)10-14(15)11-4-3-5-12(9-11)17-21-18(16(20)24)23-22-17/h2-7,9-10H,1,8H2,(H2,20,24)(H,21,22,23). The number of aromatic amines is 1. The van der Waals surface area contributed by atoms with Crippen molar-refractivity contribution in [3.8, 4) is 28.3 Å². The van der Waals surface area contributed by atoms with Crippen LogP contribution in [0.25, 0.3) is 22.5 Å². The van der Waals surface area contributed by atoms with E-state index in [4.69, 9.17) is 10.5 Å². The molecule has 0 atom stereocenters. The number of primary amides is 1. The van der Waals surface area contributed by atoms with E-state index in [1.165, 1.54) is 12.1 Å². The van der Waals surface area contributed by atoms with Crippen LogP contribution in [0.3, 0.4) is 0 Å². The number of nitrogens with zero attached hydrogens (tertiary/aromatic N) is 2. The van der Waals surface area contributed by atoms with Gasteiger partial charge in [0, 0.05) is 11.1 Å². The fourth-order valence-corrected chi connectivity index (χ4v) is 2.33. The molecular formula is C18H15FN4O2. The number of hydrogen-bond donors (Lipinski definition) is 2. The third-order valence-electron chi connectivity index (χ3n) is 3.45. The first-order valence-electron chi connectivity index (χ1n) is 7.44. The Balaban J connectivity index is 2.02. The highest BCUT2D eigenvalue weighted by molar-refractivity contribution is 5.89. The summed E-state index contributed by atoms with van der Waals surface area (Å²) in [5.74, 6) is -0.242. The van der Waals surface area contributed by atoms with E-state index < -0.39 is 5.91 Å². The quantitative estimate of drug-likeness (QED) is 0.676. The summed E-state index contributed by atoms with van der Waals surface area (Å²) in [5, 5.41) is 6.46. The number of carbonyl (C=O) groups is 1. The maximum atomic E-state index is 13.7. The van der Waals surface area contributed by atoms with Crippen molar-refractivity contribution in [2.75, 3.05) is 6.61 Å². The predicted octanol–water partition coefficient (Wildman–Crippen LogP) is 2.94. The second-order valence-electron chi connectivity index (χ2n) is 5.19. The van der Waals surface area contributed by atoms with Crippen LogP contribution >= 0.6 is 0 Å². The lowest BCUT2D eigenvalue weighted by Crippen LogP contribution is -2.12. The number of halogens is 1. The van der Waals surface area contributed by atoms with Crippen molar-refractivity contribution in [2.45, 2.75) is 0 Å². The predicted molar refractivity (Wildman–Crippen MR) is 91.4 cm³/mol. The highest BCUT2D eigenvalue weighted by atomic mass is 19.1. The summed E-state index contributed by atoms with van der Waals surface area (Å²) in [7, 11) is 0. The van der Waals surface area contributed by atoms with E-state index in [9.17, 15) is 9.18 Å². The lowest BCUT2D eigenvalue weighted by Gasteiger charge is -2.11. The lowest BCUT2D eigenvalue weighted by atomic mass is 10.0. The van der Waals surface area contributed by atoms with Gasteiger partial charge in [0.2, 0.25) is 5.82 Å². The Morgan fingerprint density at radius 1 is 1.28 bits per heavy atom. The smallest absolute Gasteiger partial charge is 0.286 e. The fourth-order valence-electron chi connectivity index (χ4n) is 2.33. The Labute approximate surface area is 143 Å². The minimum Gasteiger partial charge on any atom is -0.489 e. The van der Waals surface area contributed by atoms with Gasteiger partial charge in [-0.15, -0.1) is 0 Å². The summed E-state index contributed by atoms with van der Waals surface area (Å²) in [5.41, 5.74) is 7.14. The molecule has 3 rings (SSSR count). The molecule has 0 unspecified atom stereocenters. The van der Waals surface area contributed by atoms with Gasteiger partial charge < -0.3 is 10.5 Å². The molecule has 0 aliphatic heterocycles.